The van der Waals surface area contributed by atoms with Crippen LogP contribution in [-0.4, -0.2) is 26.7 Å². The van der Waals surface area contributed by atoms with Gasteiger partial charge in [-0.3, -0.25) is 0 Å². The lowest BCUT2D eigenvalue weighted by Gasteiger charge is -2.23. The van der Waals surface area contributed by atoms with Crippen molar-refractivity contribution in [3.63, 3.8) is 0 Å². The number of H-pyrrole nitrogens is 1. The number of aromatic amines is 1. The van der Waals surface area contributed by atoms with Crippen LogP contribution >= 0.6 is 11.8 Å². The molecule has 1 fully saturated rings. The predicted molar refractivity (Wildman–Crippen MR) is 114 cm³/mol. The van der Waals surface area contributed by atoms with E-state index in [-0.39, 0.29) is 5.82 Å². The highest BCUT2D eigenvalue weighted by molar-refractivity contribution is 7.99. The first-order valence-electron chi connectivity index (χ1n) is 9.94. The van der Waals surface area contributed by atoms with Crippen molar-refractivity contribution in [3.8, 4) is 22.5 Å². The number of rotatable bonds is 6. The predicted octanol–water partition coefficient (Wildman–Crippen LogP) is 6.13. The van der Waals surface area contributed by atoms with E-state index in [1.54, 1.807) is 23.9 Å². The van der Waals surface area contributed by atoms with Crippen LogP contribution in [0.15, 0.2) is 47.8 Å². The Balaban J connectivity index is 1.67. The topological polar surface area (TPSA) is 53.6 Å². The zero-order valence-electron chi connectivity index (χ0n) is 16.0. The monoisotopic (exact) mass is 396 g/mol. The molecule has 0 radical (unpaired) electrons. The van der Waals surface area contributed by atoms with Gasteiger partial charge in [-0.1, -0.05) is 37.9 Å². The number of thioether (sulfide) groups is 1. The molecule has 4 rings (SSSR count). The maximum absolute atomic E-state index is 13.4. The van der Waals surface area contributed by atoms with Gasteiger partial charge in [-0.05, 0) is 55.0 Å². The molecule has 6 heteroatoms. The summed E-state index contributed by atoms with van der Waals surface area (Å²) in [6.07, 6.45) is 8.12. The van der Waals surface area contributed by atoms with Crippen molar-refractivity contribution in [1.29, 1.82) is 0 Å². The molecule has 1 aliphatic rings. The highest BCUT2D eigenvalue weighted by Gasteiger charge is 2.17. The molecule has 2 N–H and O–H groups in total. The Hall–Kier alpha value is -2.34. The van der Waals surface area contributed by atoms with Gasteiger partial charge in [-0.2, -0.15) is 0 Å². The number of nitrogens with one attached hydrogen (secondary N) is 2. The Morgan fingerprint density at radius 2 is 1.89 bits per heavy atom. The second kappa shape index (κ2) is 8.78. The maximum Gasteiger partial charge on any atom is 0.166 e. The minimum absolute atomic E-state index is 0.240. The van der Waals surface area contributed by atoms with Gasteiger partial charge in [0.05, 0.1) is 11.4 Å². The second-order valence-corrected chi connectivity index (χ2v) is 8.37. The molecule has 0 aliphatic heterocycles. The molecule has 146 valence electrons. The van der Waals surface area contributed by atoms with Gasteiger partial charge in [-0.25, -0.2) is 14.4 Å². The molecule has 2 heterocycles. The Morgan fingerprint density at radius 1 is 1.11 bits per heavy atom. The third-order valence-electron chi connectivity index (χ3n) is 5.09. The lowest BCUT2D eigenvalue weighted by atomic mass is 9.95. The first kappa shape index (κ1) is 19.0. The van der Waals surface area contributed by atoms with Crippen molar-refractivity contribution in [1.82, 2.24) is 15.0 Å². The summed E-state index contributed by atoms with van der Waals surface area (Å²) < 4.78 is 13.4. The van der Waals surface area contributed by atoms with E-state index in [9.17, 15) is 4.39 Å². The molecule has 0 saturated heterocycles. The van der Waals surface area contributed by atoms with Crippen LogP contribution in [0.1, 0.15) is 39.0 Å². The first-order valence-corrected chi connectivity index (χ1v) is 10.9. The Labute approximate surface area is 169 Å². The summed E-state index contributed by atoms with van der Waals surface area (Å²) in [5, 5.41) is 4.46. The number of pyridine rings is 1. The van der Waals surface area contributed by atoms with Crippen molar-refractivity contribution in [3.05, 3.63) is 48.4 Å². The van der Waals surface area contributed by atoms with Crippen LogP contribution in [0.4, 0.5) is 10.2 Å². The minimum atomic E-state index is -0.240. The summed E-state index contributed by atoms with van der Waals surface area (Å²) in [6.45, 7) is 2.10. The van der Waals surface area contributed by atoms with Crippen LogP contribution in [-0.2, 0) is 0 Å². The highest BCUT2D eigenvalue weighted by Crippen LogP contribution is 2.33. The molecule has 1 aromatic carbocycles. The van der Waals surface area contributed by atoms with E-state index in [0.717, 1.165) is 39.2 Å². The average molecular weight is 397 g/mol. The Morgan fingerprint density at radius 3 is 2.64 bits per heavy atom. The van der Waals surface area contributed by atoms with Gasteiger partial charge < -0.3 is 10.3 Å². The summed E-state index contributed by atoms with van der Waals surface area (Å²) in [5.74, 6) is 1.58. The van der Waals surface area contributed by atoms with E-state index in [2.05, 4.69) is 28.3 Å². The van der Waals surface area contributed by atoms with E-state index < -0.39 is 0 Å². The fourth-order valence-corrected chi connectivity index (χ4v) is 4.31. The summed E-state index contributed by atoms with van der Waals surface area (Å²) in [5.41, 5.74) is 3.71. The minimum Gasteiger partial charge on any atom is -0.367 e. The fourth-order valence-electron chi connectivity index (χ4n) is 3.70. The number of hydrogen-bond donors (Lipinski definition) is 2. The van der Waals surface area contributed by atoms with Gasteiger partial charge in [0.25, 0.3) is 0 Å². The Kier molecular flexibility index (Phi) is 5.95. The van der Waals surface area contributed by atoms with Crippen LogP contribution < -0.4 is 5.32 Å². The molecule has 3 aromatic rings. The first-order chi connectivity index (χ1) is 13.7. The molecule has 0 unspecified atom stereocenters. The van der Waals surface area contributed by atoms with Crippen LogP contribution in [0.25, 0.3) is 22.5 Å². The summed E-state index contributed by atoms with van der Waals surface area (Å²) in [7, 11) is 0. The van der Waals surface area contributed by atoms with Gasteiger partial charge in [0.1, 0.15) is 11.6 Å². The molecule has 1 saturated carbocycles. The van der Waals surface area contributed by atoms with Crippen molar-refractivity contribution in [2.45, 2.75) is 50.2 Å². The molecule has 4 nitrogen and oxygen atoms in total. The molecule has 0 spiro atoms. The normalized spacial score (nSPS) is 14.9. The summed E-state index contributed by atoms with van der Waals surface area (Å²) in [6, 6.07) is 11.1. The number of hydrogen-bond acceptors (Lipinski definition) is 4. The standard InChI is InChI=1S/C22H25FN4S/c1-2-28-22-26-20(15-8-10-17(23)11-9-15)21(27-22)16-12-13-24-19(14-16)25-18-6-4-3-5-7-18/h8-14,18H,2-7H2,1H3,(H,24,25)(H,26,27). The molecular weight excluding hydrogens is 371 g/mol. The van der Waals surface area contributed by atoms with Crippen LogP contribution in [0.2, 0.25) is 0 Å². The van der Waals surface area contributed by atoms with Crippen molar-refractivity contribution in [2.24, 2.45) is 0 Å². The van der Waals surface area contributed by atoms with Crippen molar-refractivity contribution < 1.29 is 4.39 Å². The van der Waals surface area contributed by atoms with Crippen molar-refractivity contribution in [2.75, 3.05) is 11.1 Å². The smallest absolute Gasteiger partial charge is 0.166 e. The lowest BCUT2D eigenvalue weighted by molar-refractivity contribution is 0.462. The fraction of sp³-hybridized carbons (Fsp3) is 0.364. The number of halogens is 1. The SMILES string of the molecule is CCSc1nc(-c2ccnc(NC3CCCCC3)c2)c(-c2ccc(F)cc2)[nH]1. The molecule has 0 atom stereocenters. The van der Waals surface area contributed by atoms with Gasteiger partial charge >= 0.3 is 0 Å². The van der Waals surface area contributed by atoms with Crippen molar-refractivity contribution >= 4 is 17.6 Å². The third-order valence-corrected chi connectivity index (χ3v) is 5.84. The maximum atomic E-state index is 13.4. The van der Waals surface area contributed by atoms with Gasteiger partial charge in [0.2, 0.25) is 0 Å². The molecule has 28 heavy (non-hydrogen) atoms. The number of aromatic nitrogens is 3. The number of imidazole rings is 1. The summed E-state index contributed by atoms with van der Waals surface area (Å²) >= 11 is 1.66. The highest BCUT2D eigenvalue weighted by atomic mass is 32.2. The number of anilines is 1. The lowest BCUT2D eigenvalue weighted by Crippen LogP contribution is -2.22. The average Bonchev–Trinajstić information content (AvgIpc) is 3.14. The molecule has 1 aliphatic carbocycles. The van der Waals surface area contributed by atoms with E-state index in [4.69, 9.17) is 4.98 Å². The zero-order valence-corrected chi connectivity index (χ0v) is 16.9. The molecule has 0 amide bonds. The van der Waals surface area contributed by atoms with E-state index >= 15 is 0 Å². The van der Waals surface area contributed by atoms with Gasteiger partial charge in [0.15, 0.2) is 5.16 Å². The van der Waals surface area contributed by atoms with Crippen LogP contribution in [0.3, 0.4) is 0 Å². The third kappa shape index (κ3) is 4.38. The van der Waals surface area contributed by atoms with Crippen LogP contribution in [0.5, 0.6) is 0 Å². The quantitative estimate of drug-likeness (QED) is 0.492. The molecule has 0 bridgehead atoms. The zero-order chi connectivity index (χ0) is 19.3. The van der Waals surface area contributed by atoms with Gasteiger partial charge in [-0.15, -0.1) is 0 Å². The molecule has 2 aromatic heterocycles. The summed E-state index contributed by atoms with van der Waals surface area (Å²) in [4.78, 5) is 12.7. The van der Waals surface area contributed by atoms with E-state index in [1.165, 1.54) is 44.2 Å². The number of benzene rings is 1. The Bertz CT molecular complexity index is 917. The second-order valence-electron chi connectivity index (χ2n) is 7.11. The number of nitrogens with zero attached hydrogens (tertiary/aromatic N) is 2. The molecular formula is C22H25FN4S. The van der Waals surface area contributed by atoms with Crippen LogP contribution in [0, 0.1) is 5.82 Å². The largest absolute Gasteiger partial charge is 0.367 e. The van der Waals surface area contributed by atoms with Gasteiger partial charge in [0, 0.05) is 23.4 Å². The van der Waals surface area contributed by atoms with E-state index in [1.807, 2.05) is 12.3 Å². The van der Waals surface area contributed by atoms with E-state index in [0.29, 0.717) is 6.04 Å².